The molecule has 0 spiro atoms. The second-order valence-corrected chi connectivity index (χ2v) is 1.28. The van der Waals surface area contributed by atoms with Crippen molar-refractivity contribution in [2.45, 2.75) is 6.92 Å². The summed E-state index contributed by atoms with van der Waals surface area (Å²) in [5, 5.41) is 0. The second-order valence-electron chi connectivity index (χ2n) is 1.28. The van der Waals surface area contributed by atoms with Crippen molar-refractivity contribution in [1.82, 2.24) is 0 Å². The summed E-state index contributed by atoms with van der Waals surface area (Å²) in [5.41, 5.74) is 0.220. The molecule has 0 aromatic rings. The van der Waals surface area contributed by atoms with Crippen molar-refractivity contribution in [3.63, 3.8) is 0 Å². The van der Waals surface area contributed by atoms with Crippen LogP contribution in [0.15, 0.2) is 12.2 Å². The average molecular weight is 156 g/mol. The van der Waals surface area contributed by atoms with E-state index >= 15 is 0 Å². The van der Waals surface area contributed by atoms with Crippen LogP contribution in [0.5, 0.6) is 0 Å². The Labute approximate surface area is 83.1 Å². The van der Waals surface area contributed by atoms with Gasteiger partial charge in [0.25, 0.3) is 0 Å². The number of carbonyl (C=O) groups is 2. The molecule has 0 amide bonds. The first-order valence-corrected chi connectivity index (χ1v) is 1.98. The molecule has 0 N–H and O–H groups in total. The number of hydrogen-bond acceptors (Lipinski definition) is 3. The van der Waals surface area contributed by atoms with Gasteiger partial charge in [-0.25, -0.2) is 4.79 Å². The molecule has 0 aliphatic rings. The van der Waals surface area contributed by atoms with Gasteiger partial charge in [0.1, 0.15) is 0 Å². The Kier molecular flexibility index (Phi) is 8.27. The van der Waals surface area contributed by atoms with Crippen LogP contribution in [0.3, 0.4) is 0 Å². The van der Waals surface area contributed by atoms with Crippen molar-refractivity contribution < 1.29 is 14.3 Å². The monoisotopic (exact) mass is 156 g/mol. The summed E-state index contributed by atoms with van der Waals surface area (Å²) in [7, 11) is 0. The molecule has 0 aromatic carbocycles. The minimum absolute atomic E-state index is 0. The molecule has 3 nitrogen and oxygen atoms in total. The summed E-state index contributed by atoms with van der Waals surface area (Å²) >= 11 is 0. The zero-order valence-corrected chi connectivity index (χ0v) is 4.51. The molecule has 0 bridgehead atoms. The summed E-state index contributed by atoms with van der Waals surface area (Å²) in [6.07, 6.45) is 0. The Morgan fingerprint density at radius 2 is 2.11 bits per heavy atom. The Hall–Kier alpha value is 0.140. The predicted molar refractivity (Wildman–Crippen MR) is 35.5 cm³/mol. The fourth-order valence-electron chi connectivity index (χ4n) is 0.144. The minimum atomic E-state index is -0.681. The molecule has 0 atom stereocenters. The molecule has 0 aromatic heterocycles. The summed E-state index contributed by atoms with van der Waals surface area (Å²) in [4.78, 5) is 19.6. The van der Waals surface area contributed by atoms with Gasteiger partial charge in [-0.2, -0.15) is 0 Å². The van der Waals surface area contributed by atoms with Gasteiger partial charge in [-0.05, 0) is 6.92 Å². The van der Waals surface area contributed by atoms with Gasteiger partial charge in [-0.15, -0.1) is 0 Å². The van der Waals surface area contributed by atoms with E-state index in [1.807, 2.05) is 0 Å². The van der Waals surface area contributed by atoms with Gasteiger partial charge in [0.15, 0.2) is 0 Å². The first-order chi connectivity index (χ1) is 3.68. The van der Waals surface area contributed by atoms with Crippen LogP contribution in [0.25, 0.3) is 0 Å². The van der Waals surface area contributed by atoms with Crippen LogP contribution < -0.4 is 0 Å². The molecule has 0 radical (unpaired) electrons. The quantitative estimate of drug-likeness (QED) is 0.175. The number of rotatable bonds is 2. The van der Waals surface area contributed by atoms with Gasteiger partial charge >= 0.3 is 50.2 Å². The van der Waals surface area contributed by atoms with E-state index in [0.717, 1.165) is 0 Å². The van der Waals surface area contributed by atoms with Crippen molar-refractivity contribution in [3.05, 3.63) is 12.2 Å². The summed E-state index contributed by atoms with van der Waals surface area (Å²) in [6.45, 7) is 4.78. The van der Waals surface area contributed by atoms with E-state index in [1.54, 1.807) is 0 Å². The van der Waals surface area contributed by atoms with Gasteiger partial charge in [-0.3, -0.25) is 4.79 Å². The molecule has 0 saturated heterocycles. The third-order valence-corrected chi connectivity index (χ3v) is 0.504. The van der Waals surface area contributed by atoms with Crippen molar-refractivity contribution in [2.24, 2.45) is 0 Å². The van der Waals surface area contributed by atoms with Gasteiger partial charge in [0, 0.05) is 5.57 Å². The molecule has 0 rings (SSSR count). The summed E-state index contributed by atoms with van der Waals surface area (Å²) < 4.78 is 3.88. The predicted octanol–water partition coefficient (Wildman–Crippen LogP) is -0.654. The Bertz CT molecular complexity index is 130. The third-order valence-electron chi connectivity index (χ3n) is 0.504. The summed E-state index contributed by atoms with van der Waals surface area (Å²) in [5.74, 6) is -0.681. The van der Waals surface area contributed by atoms with Gasteiger partial charge in [-0.1, -0.05) is 6.58 Å². The van der Waals surface area contributed by atoms with Crippen molar-refractivity contribution in [2.75, 3.05) is 0 Å². The van der Waals surface area contributed by atoms with E-state index < -0.39 is 5.97 Å². The molecule has 48 valence electrons. The van der Waals surface area contributed by atoms with E-state index in [9.17, 15) is 9.59 Å². The van der Waals surface area contributed by atoms with Crippen molar-refractivity contribution >= 4 is 50.2 Å². The van der Waals surface area contributed by atoms with E-state index in [1.165, 1.54) is 6.92 Å². The van der Waals surface area contributed by atoms with Crippen LogP contribution in [-0.2, 0) is 14.3 Å². The van der Waals surface area contributed by atoms with Crippen LogP contribution in [-0.4, -0.2) is 50.2 Å². The zero-order valence-electron chi connectivity index (χ0n) is 4.51. The van der Waals surface area contributed by atoms with Crippen LogP contribution in [0.1, 0.15) is 6.92 Å². The fourth-order valence-corrected chi connectivity index (χ4v) is 0.144. The molecule has 9 heavy (non-hydrogen) atoms. The average Bonchev–Trinajstić information content (AvgIpc) is 1.67. The van der Waals surface area contributed by atoms with Crippen molar-refractivity contribution in [3.8, 4) is 0 Å². The molecule has 4 heteroatoms. The Morgan fingerprint density at radius 1 is 1.67 bits per heavy atom. The maximum absolute atomic E-state index is 10.2. The number of hydrogen-bond donors (Lipinski definition) is 0. The van der Waals surface area contributed by atoms with E-state index in [2.05, 4.69) is 11.3 Å². The van der Waals surface area contributed by atoms with Crippen LogP contribution >= 0.6 is 0 Å². The maximum atomic E-state index is 10.2. The number of carbonyl (C=O) groups excluding carboxylic acids is 2. The molecule has 0 aliphatic heterocycles. The fraction of sp³-hybridized carbons (Fsp3) is 0.200. The van der Waals surface area contributed by atoms with Gasteiger partial charge in [0.2, 0.25) is 0 Å². The molecule has 0 aliphatic carbocycles. The van der Waals surface area contributed by atoms with E-state index in [-0.39, 0.29) is 49.8 Å². The Balaban J connectivity index is 0. The van der Waals surface area contributed by atoms with E-state index in [4.69, 9.17) is 0 Å². The SMILES string of the molecule is C=C(C)C(=O)OC=O.[CaH2]. The molecule has 0 saturated carbocycles. The topological polar surface area (TPSA) is 43.4 Å². The number of ether oxygens (including phenoxy) is 1. The first kappa shape index (κ1) is 11.9. The third kappa shape index (κ3) is 6.02. The standard InChI is InChI=1S/C5H6O3.Ca.2H/c1-4(2)5(7)8-3-6;;;/h3H,1H2,2H3;;;. The zero-order chi connectivity index (χ0) is 6.57. The molecular weight excluding hydrogens is 148 g/mol. The van der Waals surface area contributed by atoms with Crippen molar-refractivity contribution in [1.29, 1.82) is 0 Å². The van der Waals surface area contributed by atoms with Gasteiger partial charge < -0.3 is 4.74 Å². The van der Waals surface area contributed by atoms with Crippen LogP contribution in [0.2, 0.25) is 0 Å². The van der Waals surface area contributed by atoms with Crippen LogP contribution in [0.4, 0.5) is 0 Å². The first-order valence-electron chi connectivity index (χ1n) is 1.98. The number of esters is 1. The van der Waals surface area contributed by atoms with E-state index in [0.29, 0.717) is 0 Å². The molecular formula is C5H8CaO3. The Morgan fingerprint density at radius 3 is 2.22 bits per heavy atom. The molecule has 0 unspecified atom stereocenters. The van der Waals surface area contributed by atoms with Crippen LogP contribution in [0, 0.1) is 0 Å². The summed E-state index contributed by atoms with van der Waals surface area (Å²) in [6, 6.07) is 0. The second kappa shape index (κ2) is 6.26. The normalized spacial score (nSPS) is 6.78. The molecule has 0 heterocycles. The molecule has 0 fully saturated rings. The van der Waals surface area contributed by atoms with Gasteiger partial charge in [0.05, 0.1) is 0 Å².